The van der Waals surface area contributed by atoms with Crippen LogP contribution >= 0.6 is 0 Å². The zero-order valence-electron chi connectivity index (χ0n) is 31.0. The van der Waals surface area contributed by atoms with E-state index in [2.05, 4.69) is 199 Å². The van der Waals surface area contributed by atoms with Crippen LogP contribution in [0.3, 0.4) is 0 Å². The van der Waals surface area contributed by atoms with Crippen LogP contribution in [0.5, 0.6) is 0 Å². The van der Waals surface area contributed by atoms with Crippen LogP contribution in [0.25, 0.3) is 88.4 Å². The van der Waals surface area contributed by atoms with E-state index in [0.29, 0.717) is 0 Å². The van der Waals surface area contributed by atoms with Crippen LogP contribution < -0.4 is 4.90 Å². The van der Waals surface area contributed by atoms with Gasteiger partial charge in [-0.3, -0.25) is 0 Å². The second-order valence-corrected chi connectivity index (χ2v) is 14.5. The summed E-state index contributed by atoms with van der Waals surface area (Å²) in [4.78, 5) is 2.35. The van der Waals surface area contributed by atoms with Gasteiger partial charge in [0.05, 0.1) is 5.69 Å². The number of nitrogens with zero attached hydrogens (tertiary/aromatic N) is 1. The lowest BCUT2D eigenvalue weighted by Gasteiger charge is -2.28. The minimum Gasteiger partial charge on any atom is -0.456 e. The molecule has 57 heavy (non-hydrogen) atoms. The molecule has 0 aliphatic carbocycles. The Kier molecular flexibility index (Phi) is 7.82. The maximum Gasteiger partial charge on any atom is 0.160 e. The van der Waals surface area contributed by atoms with Gasteiger partial charge in [-0.2, -0.15) is 0 Å². The number of anilines is 3. The Bertz CT molecular complexity index is 3200. The van der Waals surface area contributed by atoms with Crippen LogP contribution in [0.1, 0.15) is 0 Å². The number of furan rings is 2. The monoisotopic (exact) mass is 729 g/mol. The first-order valence-corrected chi connectivity index (χ1v) is 19.3. The highest BCUT2D eigenvalue weighted by Crippen LogP contribution is 2.48. The summed E-state index contributed by atoms with van der Waals surface area (Å²) in [7, 11) is 0. The van der Waals surface area contributed by atoms with Crippen LogP contribution in [0, 0.1) is 0 Å². The maximum atomic E-state index is 6.82. The molecule has 268 valence electrons. The fraction of sp³-hybridized carbons (Fsp3) is 0. The lowest BCUT2D eigenvalue weighted by Crippen LogP contribution is -2.11. The molecule has 3 nitrogen and oxygen atoms in total. The van der Waals surface area contributed by atoms with Crippen molar-refractivity contribution in [2.75, 3.05) is 4.90 Å². The predicted molar refractivity (Wildman–Crippen MR) is 237 cm³/mol. The fourth-order valence-corrected chi connectivity index (χ4v) is 8.25. The molecule has 0 spiro atoms. The van der Waals surface area contributed by atoms with E-state index in [1.165, 1.54) is 16.7 Å². The molecule has 0 saturated carbocycles. The molecule has 0 unspecified atom stereocenters. The lowest BCUT2D eigenvalue weighted by molar-refractivity contribution is 0.668. The quantitative estimate of drug-likeness (QED) is 0.164. The second kappa shape index (κ2) is 13.6. The van der Waals surface area contributed by atoms with E-state index in [9.17, 15) is 0 Å². The molecule has 0 bridgehead atoms. The van der Waals surface area contributed by atoms with Gasteiger partial charge in [0.2, 0.25) is 0 Å². The molecule has 0 aliphatic rings. The molecule has 11 aromatic rings. The highest BCUT2D eigenvalue weighted by Gasteiger charge is 2.24. The highest BCUT2D eigenvalue weighted by molar-refractivity contribution is 6.14. The number of benzene rings is 9. The van der Waals surface area contributed by atoms with Gasteiger partial charge in [-0.1, -0.05) is 158 Å². The van der Waals surface area contributed by atoms with Gasteiger partial charge in [-0.05, 0) is 93.5 Å². The Morgan fingerprint density at radius 2 is 0.719 bits per heavy atom. The molecule has 0 N–H and O–H groups in total. The summed E-state index contributed by atoms with van der Waals surface area (Å²) in [6.07, 6.45) is 0. The number of fused-ring (bicyclic) bond motifs is 6. The van der Waals surface area contributed by atoms with Gasteiger partial charge >= 0.3 is 0 Å². The first-order valence-electron chi connectivity index (χ1n) is 19.3. The number of hydrogen-bond donors (Lipinski definition) is 0. The Hall–Kier alpha value is -7.62. The molecular formula is C54H35NO2. The maximum absolute atomic E-state index is 6.82. The molecule has 2 aromatic heterocycles. The Labute approximate surface area is 330 Å². The Morgan fingerprint density at radius 3 is 1.33 bits per heavy atom. The number of hydrogen-bond acceptors (Lipinski definition) is 3. The van der Waals surface area contributed by atoms with Crippen molar-refractivity contribution >= 4 is 60.9 Å². The van der Waals surface area contributed by atoms with Crippen LogP contribution in [0.15, 0.2) is 221 Å². The van der Waals surface area contributed by atoms with Crippen LogP contribution in [-0.4, -0.2) is 0 Å². The molecule has 11 rings (SSSR count). The van der Waals surface area contributed by atoms with Crippen molar-refractivity contribution in [2.45, 2.75) is 0 Å². The van der Waals surface area contributed by atoms with Crippen molar-refractivity contribution in [3.8, 4) is 44.5 Å². The van der Waals surface area contributed by atoms with Crippen molar-refractivity contribution in [1.82, 2.24) is 0 Å². The summed E-state index contributed by atoms with van der Waals surface area (Å²) >= 11 is 0. The van der Waals surface area contributed by atoms with Gasteiger partial charge in [0.15, 0.2) is 5.58 Å². The normalized spacial score (nSPS) is 11.5. The third kappa shape index (κ3) is 5.76. The zero-order valence-corrected chi connectivity index (χ0v) is 31.0. The van der Waals surface area contributed by atoms with E-state index in [1.54, 1.807) is 0 Å². The molecular weight excluding hydrogens is 695 g/mol. The van der Waals surface area contributed by atoms with Gasteiger partial charge in [-0.15, -0.1) is 0 Å². The summed E-state index contributed by atoms with van der Waals surface area (Å²) in [6, 6.07) is 75.2. The van der Waals surface area contributed by atoms with E-state index in [0.717, 1.165) is 88.8 Å². The number of rotatable bonds is 7. The fourth-order valence-electron chi connectivity index (χ4n) is 8.25. The molecule has 2 heterocycles. The Morgan fingerprint density at radius 1 is 0.281 bits per heavy atom. The SMILES string of the molecule is c1ccc(-c2ccc(-c3ccc(N(c4ccc(-c5ccc6oc7ccccc7c6c5)cc4)c4c(-c5ccccc5)ccc5c4oc4ccccc45)cc3)cc2)cc1. The molecule has 0 amide bonds. The molecule has 9 aromatic carbocycles. The first-order chi connectivity index (χ1) is 28.2. The summed E-state index contributed by atoms with van der Waals surface area (Å²) in [6.45, 7) is 0. The van der Waals surface area contributed by atoms with Crippen LogP contribution in [-0.2, 0) is 0 Å². The molecule has 0 fully saturated rings. The summed E-state index contributed by atoms with van der Waals surface area (Å²) in [5, 5.41) is 4.42. The summed E-state index contributed by atoms with van der Waals surface area (Å²) in [5.74, 6) is 0. The second-order valence-electron chi connectivity index (χ2n) is 14.5. The predicted octanol–water partition coefficient (Wildman–Crippen LogP) is 15.6. The van der Waals surface area contributed by atoms with Crippen molar-refractivity contribution in [1.29, 1.82) is 0 Å². The van der Waals surface area contributed by atoms with Crippen LogP contribution in [0.2, 0.25) is 0 Å². The smallest absolute Gasteiger partial charge is 0.160 e. The van der Waals surface area contributed by atoms with Gasteiger partial charge in [0.1, 0.15) is 16.7 Å². The lowest BCUT2D eigenvalue weighted by atomic mass is 9.97. The molecule has 0 atom stereocenters. The van der Waals surface area contributed by atoms with Crippen molar-refractivity contribution in [3.05, 3.63) is 212 Å². The number of para-hydroxylation sites is 2. The van der Waals surface area contributed by atoms with E-state index < -0.39 is 0 Å². The largest absolute Gasteiger partial charge is 0.456 e. The zero-order chi connectivity index (χ0) is 37.7. The van der Waals surface area contributed by atoms with Gasteiger partial charge < -0.3 is 13.7 Å². The van der Waals surface area contributed by atoms with Gasteiger partial charge in [0.25, 0.3) is 0 Å². The van der Waals surface area contributed by atoms with E-state index in [-0.39, 0.29) is 0 Å². The van der Waals surface area contributed by atoms with E-state index >= 15 is 0 Å². The highest BCUT2D eigenvalue weighted by atomic mass is 16.3. The minimum absolute atomic E-state index is 0.847. The first kappa shape index (κ1) is 32.8. The van der Waals surface area contributed by atoms with Gasteiger partial charge in [-0.25, -0.2) is 0 Å². The van der Waals surface area contributed by atoms with E-state index in [4.69, 9.17) is 8.83 Å². The third-order valence-electron chi connectivity index (χ3n) is 11.1. The van der Waals surface area contributed by atoms with Crippen molar-refractivity contribution < 1.29 is 8.83 Å². The molecule has 0 radical (unpaired) electrons. The van der Waals surface area contributed by atoms with Crippen molar-refractivity contribution in [3.63, 3.8) is 0 Å². The molecule has 3 heteroatoms. The molecule has 0 saturated heterocycles. The average molecular weight is 730 g/mol. The van der Waals surface area contributed by atoms with Gasteiger partial charge in [0, 0.05) is 38.5 Å². The third-order valence-corrected chi connectivity index (χ3v) is 11.1. The minimum atomic E-state index is 0.847. The topological polar surface area (TPSA) is 29.5 Å². The van der Waals surface area contributed by atoms with Crippen molar-refractivity contribution in [2.24, 2.45) is 0 Å². The Balaban J connectivity index is 1.06. The van der Waals surface area contributed by atoms with E-state index in [1.807, 2.05) is 18.2 Å². The summed E-state index contributed by atoms with van der Waals surface area (Å²) in [5.41, 5.74) is 15.8. The average Bonchev–Trinajstić information content (AvgIpc) is 3.86. The standard InChI is InChI=1S/C54H35NO2/c1-3-11-36(12-4-1)37-19-21-38(22-20-37)39-23-28-43(29-24-39)55(44-30-25-40(26-31-44)42-27-34-52-49(35-42)47-16-8-9-17-50(47)56-52)53-45(41-13-5-2-6-14-41)32-33-48-46-15-7-10-18-51(46)57-54(48)53/h1-35H. The van der Waals surface area contributed by atoms with Crippen LogP contribution in [0.4, 0.5) is 17.1 Å². The summed E-state index contributed by atoms with van der Waals surface area (Å²) < 4.78 is 13.0. The molecule has 0 aliphatic heterocycles.